The van der Waals surface area contributed by atoms with Gasteiger partial charge in [-0.2, -0.15) is 26.3 Å². The van der Waals surface area contributed by atoms with Crippen LogP contribution in [0.2, 0.25) is 0 Å². The fourth-order valence-electron chi connectivity index (χ4n) is 1.90. The Balaban J connectivity index is 2.45. The highest BCUT2D eigenvalue weighted by molar-refractivity contribution is 6.04. The van der Waals surface area contributed by atoms with Crippen molar-refractivity contribution in [2.75, 3.05) is 5.32 Å². The van der Waals surface area contributed by atoms with Crippen LogP contribution in [0.4, 0.5) is 40.8 Å². The summed E-state index contributed by atoms with van der Waals surface area (Å²) < 4.78 is 103. The van der Waals surface area contributed by atoms with Gasteiger partial charge >= 0.3 is 12.4 Å². The maximum atomic E-state index is 13.5. The minimum absolute atomic E-state index is 0.127. The predicted molar refractivity (Wildman–Crippen MR) is 70.8 cm³/mol. The first-order chi connectivity index (χ1) is 11.4. The Bertz CT molecular complexity index is 778. The van der Waals surface area contributed by atoms with Gasteiger partial charge in [0.15, 0.2) is 11.6 Å². The average molecular weight is 369 g/mol. The molecule has 0 aliphatic heterocycles. The number of amides is 1. The number of hydrogen-bond acceptors (Lipinski definition) is 1. The molecule has 0 unspecified atom stereocenters. The molecule has 2 aromatic carbocycles. The second kappa shape index (κ2) is 6.34. The first kappa shape index (κ1) is 18.7. The van der Waals surface area contributed by atoms with E-state index in [1.54, 1.807) is 5.32 Å². The van der Waals surface area contributed by atoms with Crippen molar-refractivity contribution in [1.82, 2.24) is 0 Å². The second-order valence-corrected chi connectivity index (χ2v) is 4.85. The Labute approximate surface area is 135 Å². The zero-order chi connectivity index (χ0) is 19.0. The minimum Gasteiger partial charge on any atom is -0.322 e. The molecule has 0 atom stereocenters. The van der Waals surface area contributed by atoms with Gasteiger partial charge in [-0.3, -0.25) is 4.79 Å². The van der Waals surface area contributed by atoms with Gasteiger partial charge in [0, 0.05) is 5.69 Å². The van der Waals surface area contributed by atoms with Gasteiger partial charge < -0.3 is 5.32 Å². The molecule has 2 nitrogen and oxygen atoms in total. The van der Waals surface area contributed by atoms with Gasteiger partial charge in [0.1, 0.15) is 0 Å². The van der Waals surface area contributed by atoms with Crippen molar-refractivity contribution < 1.29 is 39.9 Å². The molecule has 25 heavy (non-hydrogen) atoms. The maximum absolute atomic E-state index is 13.5. The normalized spacial score (nSPS) is 12.2. The number of alkyl halides is 6. The van der Waals surface area contributed by atoms with Crippen LogP contribution < -0.4 is 5.32 Å². The van der Waals surface area contributed by atoms with E-state index in [1.807, 2.05) is 0 Å². The fraction of sp³-hybridized carbons (Fsp3) is 0.133. The number of nitrogens with one attached hydrogen (secondary N) is 1. The first-order valence-electron chi connectivity index (χ1n) is 6.44. The van der Waals surface area contributed by atoms with Crippen molar-refractivity contribution in [2.45, 2.75) is 12.4 Å². The highest BCUT2D eigenvalue weighted by Crippen LogP contribution is 2.37. The van der Waals surface area contributed by atoms with Gasteiger partial charge in [0.05, 0.1) is 16.7 Å². The number of anilines is 1. The van der Waals surface area contributed by atoms with Crippen LogP contribution in [0.3, 0.4) is 0 Å². The zero-order valence-corrected chi connectivity index (χ0v) is 11.9. The SMILES string of the molecule is O=C(Nc1cc(C(F)(F)F)cc(C(F)(F)F)c1)c1cccc(F)c1F. The van der Waals surface area contributed by atoms with Gasteiger partial charge in [-0.15, -0.1) is 0 Å². The van der Waals surface area contributed by atoms with Crippen LogP contribution in [0.15, 0.2) is 36.4 Å². The quantitative estimate of drug-likeness (QED) is 0.720. The summed E-state index contributed by atoms with van der Waals surface area (Å²) in [6.45, 7) is 0. The Hall–Kier alpha value is -2.65. The number of rotatable bonds is 2. The molecule has 1 amide bonds. The highest BCUT2D eigenvalue weighted by atomic mass is 19.4. The van der Waals surface area contributed by atoms with Gasteiger partial charge in [0.2, 0.25) is 0 Å². The lowest BCUT2D eigenvalue weighted by Gasteiger charge is -2.15. The first-order valence-corrected chi connectivity index (χ1v) is 6.44. The zero-order valence-electron chi connectivity index (χ0n) is 11.9. The van der Waals surface area contributed by atoms with Crippen LogP contribution in [0.25, 0.3) is 0 Å². The molecule has 0 heterocycles. The van der Waals surface area contributed by atoms with E-state index >= 15 is 0 Å². The van der Waals surface area contributed by atoms with E-state index in [0.717, 1.165) is 12.1 Å². The summed E-state index contributed by atoms with van der Waals surface area (Å²) in [5.41, 5.74) is -5.04. The van der Waals surface area contributed by atoms with Crippen molar-refractivity contribution in [3.8, 4) is 0 Å². The predicted octanol–water partition coefficient (Wildman–Crippen LogP) is 5.25. The lowest BCUT2D eigenvalue weighted by atomic mass is 10.1. The molecule has 0 fully saturated rings. The summed E-state index contributed by atoms with van der Waals surface area (Å²) in [5, 5.41) is 1.71. The number of hydrogen-bond donors (Lipinski definition) is 1. The molecule has 0 radical (unpaired) electrons. The van der Waals surface area contributed by atoms with Gasteiger partial charge in [-0.1, -0.05) is 6.07 Å². The molecule has 0 saturated carbocycles. The molecule has 0 aliphatic carbocycles. The maximum Gasteiger partial charge on any atom is 0.416 e. The molecule has 134 valence electrons. The van der Waals surface area contributed by atoms with E-state index in [-0.39, 0.29) is 18.2 Å². The van der Waals surface area contributed by atoms with Crippen molar-refractivity contribution in [2.24, 2.45) is 0 Å². The molecule has 0 aromatic heterocycles. The molecule has 0 bridgehead atoms. The van der Waals surface area contributed by atoms with Crippen molar-refractivity contribution in [3.63, 3.8) is 0 Å². The van der Waals surface area contributed by atoms with Crippen LogP contribution in [-0.4, -0.2) is 5.91 Å². The Morgan fingerprint density at radius 2 is 1.36 bits per heavy atom. The van der Waals surface area contributed by atoms with E-state index in [1.165, 1.54) is 0 Å². The topological polar surface area (TPSA) is 29.1 Å². The van der Waals surface area contributed by atoms with E-state index in [4.69, 9.17) is 0 Å². The van der Waals surface area contributed by atoms with E-state index in [2.05, 4.69) is 0 Å². The third kappa shape index (κ3) is 4.25. The van der Waals surface area contributed by atoms with E-state index in [0.29, 0.717) is 6.07 Å². The summed E-state index contributed by atoms with van der Waals surface area (Å²) in [7, 11) is 0. The Morgan fingerprint density at radius 1 is 0.840 bits per heavy atom. The molecular weight excluding hydrogens is 362 g/mol. The van der Waals surface area contributed by atoms with Crippen LogP contribution in [0.5, 0.6) is 0 Å². The Morgan fingerprint density at radius 3 is 1.84 bits per heavy atom. The molecular formula is C15H7F8NO. The third-order valence-electron chi connectivity index (χ3n) is 3.04. The van der Waals surface area contributed by atoms with Crippen molar-refractivity contribution >= 4 is 11.6 Å². The second-order valence-electron chi connectivity index (χ2n) is 4.85. The summed E-state index contributed by atoms with van der Waals surface area (Å²) in [6.07, 6.45) is -10.2. The standard InChI is InChI=1S/C15H7F8NO/c16-11-3-1-2-10(12(11)17)13(25)24-9-5-7(14(18,19)20)4-8(6-9)15(21,22)23/h1-6H,(H,24,25). The third-order valence-corrected chi connectivity index (χ3v) is 3.04. The highest BCUT2D eigenvalue weighted by Gasteiger charge is 2.37. The largest absolute Gasteiger partial charge is 0.416 e. The number of benzene rings is 2. The molecule has 0 saturated heterocycles. The molecule has 0 aliphatic rings. The van der Waals surface area contributed by atoms with Crippen LogP contribution in [-0.2, 0) is 12.4 Å². The smallest absolute Gasteiger partial charge is 0.322 e. The monoisotopic (exact) mass is 369 g/mol. The van der Waals surface area contributed by atoms with Crippen LogP contribution in [0.1, 0.15) is 21.5 Å². The lowest BCUT2D eigenvalue weighted by molar-refractivity contribution is -0.143. The van der Waals surface area contributed by atoms with Gasteiger partial charge in [-0.05, 0) is 30.3 Å². The number of halogens is 8. The average Bonchev–Trinajstić information content (AvgIpc) is 2.47. The summed E-state index contributed by atoms with van der Waals surface area (Å²) >= 11 is 0. The molecule has 1 N–H and O–H groups in total. The van der Waals surface area contributed by atoms with E-state index < -0.39 is 52.3 Å². The van der Waals surface area contributed by atoms with E-state index in [9.17, 15) is 39.9 Å². The van der Waals surface area contributed by atoms with Gasteiger partial charge in [0.25, 0.3) is 5.91 Å². The Kier molecular flexibility index (Phi) is 4.74. The molecule has 10 heteroatoms. The van der Waals surface area contributed by atoms with Gasteiger partial charge in [-0.25, -0.2) is 8.78 Å². The summed E-state index contributed by atoms with van der Waals surface area (Å²) in [4.78, 5) is 11.8. The summed E-state index contributed by atoms with van der Waals surface area (Å²) in [6, 6.07) is 2.86. The number of carbonyl (C=O) groups is 1. The van der Waals surface area contributed by atoms with Crippen molar-refractivity contribution in [1.29, 1.82) is 0 Å². The van der Waals surface area contributed by atoms with Crippen molar-refractivity contribution in [3.05, 3.63) is 64.7 Å². The lowest BCUT2D eigenvalue weighted by Crippen LogP contribution is -2.17. The molecule has 0 spiro atoms. The minimum atomic E-state index is -5.11. The number of carbonyl (C=O) groups excluding carboxylic acids is 1. The van der Waals surface area contributed by atoms with Crippen LogP contribution >= 0.6 is 0 Å². The van der Waals surface area contributed by atoms with Crippen LogP contribution in [0, 0.1) is 11.6 Å². The molecule has 2 aromatic rings. The fourth-order valence-corrected chi connectivity index (χ4v) is 1.90. The summed E-state index contributed by atoms with van der Waals surface area (Å²) in [5.74, 6) is -4.37. The molecule has 2 rings (SSSR count).